The van der Waals surface area contributed by atoms with E-state index in [1.807, 2.05) is 12.1 Å². The highest BCUT2D eigenvalue weighted by Crippen LogP contribution is 2.33. The number of fused-ring (bicyclic) bond motifs is 1. The Morgan fingerprint density at radius 1 is 1.18 bits per heavy atom. The normalized spacial score (nSPS) is 15.5. The fourth-order valence-electron chi connectivity index (χ4n) is 2.91. The Morgan fingerprint density at radius 2 is 1.93 bits per heavy atom. The Morgan fingerprint density at radius 3 is 2.64 bits per heavy atom. The van der Waals surface area contributed by atoms with E-state index in [1.165, 1.54) is 6.92 Å². The fourth-order valence-corrected chi connectivity index (χ4v) is 3.14. The number of nitrogens with zero attached hydrogens (tertiary/aromatic N) is 1. The van der Waals surface area contributed by atoms with Crippen LogP contribution in [0.4, 0.5) is 17.1 Å². The van der Waals surface area contributed by atoms with E-state index in [9.17, 15) is 14.4 Å². The van der Waals surface area contributed by atoms with Gasteiger partial charge in [-0.25, -0.2) is 0 Å². The van der Waals surface area contributed by atoms with Gasteiger partial charge in [0.2, 0.25) is 11.8 Å². The number of benzene rings is 2. The number of anilines is 3. The number of rotatable bonds is 5. The molecular weight excluding hydrogens is 382 g/mol. The molecule has 1 unspecified atom stereocenters. The summed E-state index contributed by atoms with van der Waals surface area (Å²) in [5.41, 5.74) is 1.62. The molecule has 2 aromatic rings. The summed E-state index contributed by atoms with van der Waals surface area (Å²) in [5, 5.41) is 5.65. The number of halogens is 1. The van der Waals surface area contributed by atoms with Crippen molar-refractivity contribution in [2.24, 2.45) is 0 Å². The lowest BCUT2D eigenvalue weighted by molar-refractivity contribution is -0.125. The number of carbonyl (C=O) groups is 3. The Balaban J connectivity index is 1.65. The molecule has 0 aromatic heterocycles. The average molecular weight is 402 g/mol. The minimum atomic E-state index is -0.603. The van der Waals surface area contributed by atoms with Crippen LogP contribution in [0.1, 0.15) is 20.3 Å². The minimum absolute atomic E-state index is 0.0938. The van der Waals surface area contributed by atoms with Crippen molar-refractivity contribution in [2.45, 2.75) is 26.4 Å². The summed E-state index contributed by atoms with van der Waals surface area (Å²) < 4.78 is 5.59. The molecule has 7 nitrogen and oxygen atoms in total. The molecule has 0 aliphatic carbocycles. The Bertz CT molecular complexity index is 931. The zero-order valence-corrected chi connectivity index (χ0v) is 16.2. The minimum Gasteiger partial charge on any atom is -0.479 e. The van der Waals surface area contributed by atoms with E-state index in [0.29, 0.717) is 27.8 Å². The van der Waals surface area contributed by atoms with Gasteiger partial charge in [0.25, 0.3) is 5.91 Å². The van der Waals surface area contributed by atoms with Crippen LogP contribution in [0.15, 0.2) is 42.5 Å². The molecule has 146 valence electrons. The van der Waals surface area contributed by atoms with Crippen LogP contribution in [0.25, 0.3) is 0 Å². The standard InChI is InChI=1S/C20H20ClN3O4/c1-12-20(27)24(17-5-3-4-6-18(17)28-12)10-9-19(26)23-16-8-7-14(11-15(16)21)22-13(2)25/h3-8,11-12H,9-10H2,1-2H3,(H,22,25)(H,23,26). The quantitative estimate of drug-likeness (QED) is 0.803. The third kappa shape index (κ3) is 4.43. The molecule has 1 atom stereocenters. The first-order valence-electron chi connectivity index (χ1n) is 8.79. The number of hydrogen-bond acceptors (Lipinski definition) is 4. The number of nitrogens with one attached hydrogen (secondary N) is 2. The molecule has 8 heteroatoms. The summed E-state index contributed by atoms with van der Waals surface area (Å²) in [4.78, 5) is 37.5. The van der Waals surface area contributed by atoms with Crippen molar-refractivity contribution in [3.05, 3.63) is 47.5 Å². The smallest absolute Gasteiger partial charge is 0.267 e. The highest BCUT2D eigenvalue weighted by Gasteiger charge is 2.31. The van der Waals surface area contributed by atoms with Crippen LogP contribution in [-0.4, -0.2) is 30.4 Å². The van der Waals surface area contributed by atoms with Crippen LogP contribution < -0.4 is 20.3 Å². The van der Waals surface area contributed by atoms with Gasteiger partial charge in [-0.1, -0.05) is 23.7 Å². The van der Waals surface area contributed by atoms with Gasteiger partial charge in [0.1, 0.15) is 5.75 Å². The SMILES string of the molecule is CC(=O)Nc1ccc(NC(=O)CCN2C(=O)C(C)Oc3ccccc32)c(Cl)c1. The molecule has 1 aliphatic heterocycles. The Kier molecular flexibility index (Phi) is 5.84. The zero-order valence-electron chi connectivity index (χ0n) is 15.5. The first-order valence-corrected chi connectivity index (χ1v) is 9.17. The molecule has 0 radical (unpaired) electrons. The van der Waals surface area contributed by atoms with Gasteiger partial charge in [-0.3, -0.25) is 14.4 Å². The van der Waals surface area contributed by atoms with Gasteiger partial charge in [-0.15, -0.1) is 0 Å². The molecule has 0 spiro atoms. The third-order valence-corrected chi connectivity index (χ3v) is 4.51. The molecule has 0 saturated carbocycles. The summed E-state index contributed by atoms with van der Waals surface area (Å²) in [7, 11) is 0. The lowest BCUT2D eigenvalue weighted by Crippen LogP contribution is -2.45. The van der Waals surface area contributed by atoms with E-state index < -0.39 is 6.10 Å². The lowest BCUT2D eigenvalue weighted by Gasteiger charge is -2.32. The molecule has 28 heavy (non-hydrogen) atoms. The average Bonchev–Trinajstić information content (AvgIpc) is 2.64. The van der Waals surface area contributed by atoms with Gasteiger partial charge < -0.3 is 20.3 Å². The van der Waals surface area contributed by atoms with Crippen LogP contribution in [0.5, 0.6) is 5.75 Å². The maximum Gasteiger partial charge on any atom is 0.267 e. The van der Waals surface area contributed by atoms with Gasteiger partial charge in [-0.2, -0.15) is 0 Å². The van der Waals surface area contributed by atoms with E-state index in [1.54, 1.807) is 42.2 Å². The highest BCUT2D eigenvalue weighted by molar-refractivity contribution is 6.34. The van der Waals surface area contributed by atoms with Crippen LogP contribution in [0.3, 0.4) is 0 Å². The molecule has 0 bridgehead atoms. The summed E-state index contributed by atoms with van der Waals surface area (Å²) in [5.74, 6) is -0.0630. The number of amides is 3. The highest BCUT2D eigenvalue weighted by atomic mass is 35.5. The number of ether oxygens (including phenoxy) is 1. The van der Waals surface area contributed by atoms with Crippen LogP contribution in [0.2, 0.25) is 5.02 Å². The summed E-state index contributed by atoms with van der Waals surface area (Å²) >= 11 is 6.17. The maximum atomic E-state index is 12.5. The Hall–Kier alpha value is -3.06. The van der Waals surface area contributed by atoms with Crippen LogP contribution >= 0.6 is 11.6 Å². The first-order chi connectivity index (χ1) is 13.3. The molecular formula is C20H20ClN3O4. The summed E-state index contributed by atoms with van der Waals surface area (Å²) in [6.07, 6.45) is -0.509. The second-order valence-corrected chi connectivity index (χ2v) is 6.80. The van der Waals surface area contributed by atoms with E-state index in [4.69, 9.17) is 16.3 Å². The number of para-hydroxylation sites is 2. The number of hydrogen-bond donors (Lipinski definition) is 2. The zero-order chi connectivity index (χ0) is 20.3. The van der Waals surface area contributed by atoms with E-state index >= 15 is 0 Å². The molecule has 2 aromatic carbocycles. The molecule has 3 rings (SSSR count). The van der Waals surface area contributed by atoms with Crippen molar-refractivity contribution in [1.29, 1.82) is 0 Å². The van der Waals surface area contributed by atoms with Crippen molar-refractivity contribution < 1.29 is 19.1 Å². The molecule has 2 N–H and O–H groups in total. The maximum absolute atomic E-state index is 12.5. The van der Waals surface area contributed by atoms with E-state index in [2.05, 4.69) is 10.6 Å². The second kappa shape index (κ2) is 8.31. The van der Waals surface area contributed by atoms with Crippen molar-refractivity contribution in [2.75, 3.05) is 22.1 Å². The van der Waals surface area contributed by atoms with Crippen molar-refractivity contribution in [3.8, 4) is 5.75 Å². The van der Waals surface area contributed by atoms with Crippen molar-refractivity contribution in [3.63, 3.8) is 0 Å². The topological polar surface area (TPSA) is 87.7 Å². The lowest BCUT2D eigenvalue weighted by atomic mass is 10.1. The van der Waals surface area contributed by atoms with E-state index in [0.717, 1.165) is 0 Å². The van der Waals surface area contributed by atoms with Crippen LogP contribution in [0, 0.1) is 0 Å². The van der Waals surface area contributed by atoms with Crippen LogP contribution in [-0.2, 0) is 14.4 Å². The third-order valence-electron chi connectivity index (χ3n) is 4.20. The molecule has 3 amide bonds. The van der Waals surface area contributed by atoms with Gasteiger partial charge in [-0.05, 0) is 37.3 Å². The summed E-state index contributed by atoms with van der Waals surface area (Å²) in [6, 6.07) is 12.0. The largest absolute Gasteiger partial charge is 0.479 e. The summed E-state index contributed by atoms with van der Waals surface area (Å²) in [6.45, 7) is 3.30. The van der Waals surface area contributed by atoms with Gasteiger partial charge >= 0.3 is 0 Å². The molecule has 1 heterocycles. The molecule has 1 aliphatic rings. The predicted molar refractivity (Wildman–Crippen MR) is 108 cm³/mol. The second-order valence-electron chi connectivity index (χ2n) is 6.39. The van der Waals surface area contributed by atoms with E-state index in [-0.39, 0.29) is 30.7 Å². The molecule has 0 fully saturated rings. The number of carbonyl (C=O) groups excluding carboxylic acids is 3. The monoisotopic (exact) mass is 401 g/mol. The van der Waals surface area contributed by atoms with Gasteiger partial charge in [0.15, 0.2) is 6.10 Å². The molecule has 0 saturated heterocycles. The predicted octanol–water partition coefficient (Wildman–Crippen LogP) is 3.44. The van der Waals surface area contributed by atoms with Gasteiger partial charge in [0.05, 0.1) is 16.4 Å². The van der Waals surface area contributed by atoms with Crippen molar-refractivity contribution in [1.82, 2.24) is 0 Å². The van der Waals surface area contributed by atoms with Gasteiger partial charge in [0, 0.05) is 25.6 Å². The fraction of sp³-hybridized carbons (Fsp3) is 0.250. The Labute approximate surface area is 167 Å². The first kappa shape index (κ1) is 19.7. The van der Waals surface area contributed by atoms with Crippen molar-refractivity contribution >= 4 is 46.4 Å².